The van der Waals surface area contributed by atoms with Gasteiger partial charge in [0.15, 0.2) is 0 Å². The summed E-state index contributed by atoms with van der Waals surface area (Å²) < 4.78 is 1.72. The molecule has 0 aromatic carbocycles. The van der Waals surface area contributed by atoms with Gasteiger partial charge in [-0.3, -0.25) is 9.48 Å². The van der Waals surface area contributed by atoms with Crippen molar-refractivity contribution in [3.05, 3.63) is 45.1 Å². The number of fused-ring (bicyclic) bond motifs is 1. The average Bonchev–Trinajstić information content (AvgIpc) is 2.94. The fourth-order valence-corrected chi connectivity index (χ4v) is 2.81. The number of aromatic amines is 1. The average molecular weight is 272 g/mol. The van der Waals surface area contributed by atoms with Crippen LogP contribution < -0.4 is 5.56 Å². The minimum Gasteiger partial charge on any atom is -0.306 e. The molecule has 96 valence electrons. The monoisotopic (exact) mass is 272 g/mol. The summed E-state index contributed by atoms with van der Waals surface area (Å²) in [5.41, 5.74) is 1.85. The predicted molar refractivity (Wildman–Crippen MR) is 77.1 cm³/mol. The Kier molecular flexibility index (Phi) is 2.79. The minimum atomic E-state index is -0.0883. The number of aryl methyl sites for hydroxylation is 2. The highest BCUT2D eigenvalue weighted by Gasteiger charge is 2.06. The van der Waals surface area contributed by atoms with Crippen molar-refractivity contribution in [2.45, 2.75) is 6.92 Å². The maximum Gasteiger partial charge on any atom is 0.260 e. The van der Waals surface area contributed by atoms with Gasteiger partial charge in [0.2, 0.25) is 0 Å². The van der Waals surface area contributed by atoms with Gasteiger partial charge in [-0.05, 0) is 30.0 Å². The second kappa shape index (κ2) is 4.47. The highest BCUT2D eigenvalue weighted by molar-refractivity contribution is 7.16. The summed E-state index contributed by atoms with van der Waals surface area (Å²) in [4.78, 5) is 19.9. The zero-order valence-corrected chi connectivity index (χ0v) is 11.4. The zero-order chi connectivity index (χ0) is 13.4. The van der Waals surface area contributed by atoms with Gasteiger partial charge in [-0.15, -0.1) is 11.3 Å². The summed E-state index contributed by atoms with van der Waals surface area (Å²) in [6.07, 6.45) is 7.30. The van der Waals surface area contributed by atoms with Crippen LogP contribution in [0.4, 0.5) is 0 Å². The van der Waals surface area contributed by atoms with Crippen LogP contribution in [0.15, 0.2) is 22.6 Å². The van der Waals surface area contributed by atoms with Gasteiger partial charge in [0.1, 0.15) is 10.7 Å². The van der Waals surface area contributed by atoms with Crippen LogP contribution in [0, 0.1) is 6.92 Å². The molecule has 1 N–H and O–H groups in total. The van der Waals surface area contributed by atoms with Crippen molar-refractivity contribution >= 4 is 33.7 Å². The van der Waals surface area contributed by atoms with Crippen LogP contribution in [0.1, 0.15) is 17.0 Å². The van der Waals surface area contributed by atoms with E-state index in [9.17, 15) is 4.79 Å². The fraction of sp³-hybridized carbons (Fsp3) is 0.154. The molecule has 0 fully saturated rings. The number of aromatic nitrogens is 4. The molecule has 0 saturated carbocycles. The molecule has 3 rings (SSSR count). The maximum absolute atomic E-state index is 12.0. The van der Waals surface area contributed by atoms with E-state index in [0.29, 0.717) is 11.2 Å². The largest absolute Gasteiger partial charge is 0.306 e. The van der Waals surface area contributed by atoms with Gasteiger partial charge in [-0.1, -0.05) is 0 Å². The number of hydrogen-bond donors (Lipinski definition) is 1. The first kappa shape index (κ1) is 11.9. The molecule has 0 bridgehead atoms. The fourth-order valence-electron chi connectivity index (χ4n) is 1.89. The van der Waals surface area contributed by atoms with Crippen molar-refractivity contribution in [2.24, 2.45) is 7.05 Å². The normalized spacial score (nSPS) is 11.7. The van der Waals surface area contributed by atoms with Gasteiger partial charge in [0.05, 0.1) is 11.6 Å². The van der Waals surface area contributed by atoms with E-state index in [-0.39, 0.29) is 5.56 Å². The third-order valence-electron chi connectivity index (χ3n) is 2.80. The van der Waals surface area contributed by atoms with Crippen molar-refractivity contribution in [1.29, 1.82) is 0 Å². The van der Waals surface area contributed by atoms with Crippen molar-refractivity contribution in [1.82, 2.24) is 19.7 Å². The topological polar surface area (TPSA) is 63.6 Å². The SMILES string of the molecule is Cc1csc2nc(/C=C/c3cnn(C)c3)[nH]c(=O)c12. The minimum absolute atomic E-state index is 0.0883. The number of H-pyrrole nitrogens is 1. The zero-order valence-electron chi connectivity index (χ0n) is 10.5. The van der Waals surface area contributed by atoms with E-state index in [1.54, 1.807) is 17.0 Å². The number of nitrogens with zero attached hydrogens (tertiary/aromatic N) is 3. The molecule has 0 amide bonds. The Bertz CT molecular complexity index is 825. The highest BCUT2D eigenvalue weighted by atomic mass is 32.1. The Labute approximate surface area is 113 Å². The first-order valence-electron chi connectivity index (χ1n) is 5.78. The third-order valence-corrected chi connectivity index (χ3v) is 3.79. The molecule has 5 nitrogen and oxygen atoms in total. The molecule has 0 unspecified atom stereocenters. The molecule has 0 aliphatic heterocycles. The summed E-state index contributed by atoms with van der Waals surface area (Å²) in [6.45, 7) is 1.92. The number of hydrogen-bond acceptors (Lipinski definition) is 4. The van der Waals surface area contributed by atoms with E-state index in [0.717, 1.165) is 16.0 Å². The van der Waals surface area contributed by atoms with E-state index in [1.807, 2.05) is 31.6 Å². The number of rotatable bonds is 2. The molecule has 6 heteroatoms. The summed E-state index contributed by atoms with van der Waals surface area (Å²) in [7, 11) is 1.86. The highest BCUT2D eigenvalue weighted by Crippen LogP contribution is 2.20. The quantitative estimate of drug-likeness (QED) is 0.778. The Morgan fingerprint density at radius 1 is 1.42 bits per heavy atom. The molecule has 19 heavy (non-hydrogen) atoms. The van der Waals surface area contributed by atoms with Crippen LogP contribution in [-0.4, -0.2) is 19.7 Å². The van der Waals surface area contributed by atoms with Gasteiger partial charge in [-0.2, -0.15) is 5.10 Å². The molecule has 3 heterocycles. The lowest BCUT2D eigenvalue weighted by molar-refractivity contribution is 0.767. The molecular formula is C13H12N4OS. The van der Waals surface area contributed by atoms with Crippen LogP contribution in [0.5, 0.6) is 0 Å². The van der Waals surface area contributed by atoms with Crippen LogP contribution >= 0.6 is 11.3 Å². The van der Waals surface area contributed by atoms with Gasteiger partial charge in [-0.25, -0.2) is 4.98 Å². The van der Waals surface area contributed by atoms with E-state index in [4.69, 9.17) is 0 Å². The maximum atomic E-state index is 12.0. The van der Waals surface area contributed by atoms with Crippen molar-refractivity contribution < 1.29 is 0 Å². The van der Waals surface area contributed by atoms with Crippen molar-refractivity contribution in [2.75, 3.05) is 0 Å². The molecule has 0 spiro atoms. The van der Waals surface area contributed by atoms with E-state index < -0.39 is 0 Å². The molecular weight excluding hydrogens is 260 g/mol. The van der Waals surface area contributed by atoms with Gasteiger partial charge in [0.25, 0.3) is 5.56 Å². The molecule has 3 aromatic heterocycles. The summed E-state index contributed by atoms with van der Waals surface area (Å²) in [6, 6.07) is 0. The van der Waals surface area contributed by atoms with Crippen LogP contribution in [0.25, 0.3) is 22.4 Å². The first-order valence-corrected chi connectivity index (χ1v) is 6.66. The lowest BCUT2D eigenvalue weighted by Crippen LogP contribution is -2.08. The smallest absolute Gasteiger partial charge is 0.260 e. The Morgan fingerprint density at radius 2 is 2.26 bits per heavy atom. The van der Waals surface area contributed by atoms with Crippen LogP contribution in [-0.2, 0) is 7.05 Å². The lowest BCUT2D eigenvalue weighted by Gasteiger charge is -1.94. The molecule has 0 atom stereocenters. The summed E-state index contributed by atoms with van der Waals surface area (Å²) >= 11 is 1.49. The standard InChI is InChI=1S/C13H12N4OS/c1-8-7-19-13-11(8)12(18)15-10(16-13)4-3-9-5-14-17(2)6-9/h3-7H,1-2H3,(H,15,16,18)/b4-3+. The van der Waals surface area contributed by atoms with E-state index >= 15 is 0 Å². The molecule has 3 aromatic rings. The Hall–Kier alpha value is -2.21. The van der Waals surface area contributed by atoms with Crippen molar-refractivity contribution in [3.8, 4) is 0 Å². The molecule has 0 aliphatic rings. The van der Waals surface area contributed by atoms with E-state index in [2.05, 4.69) is 15.1 Å². The second-order valence-corrected chi connectivity index (χ2v) is 5.19. The predicted octanol–water partition coefficient (Wildman–Crippen LogP) is 2.20. The summed E-state index contributed by atoms with van der Waals surface area (Å²) in [5.74, 6) is 0.559. The summed E-state index contributed by atoms with van der Waals surface area (Å²) in [5, 5.41) is 6.70. The second-order valence-electron chi connectivity index (χ2n) is 4.33. The van der Waals surface area contributed by atoms with Gasteiger partial charge < -0.3 is 4.98 Å². The molecule has 0 radical (unpaired) electrons. The van der Waals surface area contributed by atoms with Gasteiger partial charge >= 0.3 is 0 Å². The molecule has 0 saturated heterocycles. The number of thiophene rings is 1. The van der Waals surface area contributed by atoms with Gasteiger partial charge in [0, 0.05) is 18.8 Å². The first-order chi connectivity index (χ1) is 9.13. The van der Waals surface area contributed by atoms with Crippen LogP contribution in [0.2, 0.25) is 0 Å². The Balaban J connectivity index is 2.02. The third kappa shape index (κ3) is 2.22. The van der Waals surface area contributed by atoms with Crippen molar-refractivity contribution in [3.63, 3.8) is 0 Å². The lowest BCUT2D eigenvalue weighted by atomic mass is 10.2. The van der Waals surface area contributed by atoms with E-state index in [1.165, 1.54) is 11.3 Å². The Morgan fingerprint density at radius 3 is 3.00 bits per heavy atom. The molecule has 0 aliphatic carbocycles. The number of nitrogens with one attached hydrogen (secondary N) is 1. The van der Waals surface area contributed by atoms with Crippen LogP contribution in [0.3, 0.4) is 0 Å².